The number of nitrogens with one attached hydrogen (secondary N) is 2. The van der Waals surface area contributed by atoms with E-state index in [1.54, 1.807) is 24.3 Å². The first kappa shape index (κ1) is 17.6. The maximum absolute atomic E-state index is 12.0. The summed E-state index contributed by atoms with van der Waals surface area (Å²) in [4.78, 5) is 33.1. The van der Waals surface area contributed by atoms with Crippen molar-refractivity contribution in [2.75, 3.05) is 11.1 Å². The molecular weight excluding hydrogens is 326 g/mol. The van der Waals surface area contributed by atoms with Crippen LogP contribution in [0.5, 0.6) is 0 Å². The molecule has 0 spiro atoms. The van der Waals surface area contributed by atoms with Crippen LogP contribution in [-0.2, 0) is 4.79 Å². The van der Waals surface area contributed by atoms with Crippen LogP contribution < -0.4 is 16.5 Å². The van der Waals surface area contributed by atoms with Crippen molar-refractivity contribution in [3.63, 3.8) is 0 Å². The summed E-state index contributed by atoms with van der Waals surface area (Å²) in [5.74, 6) is -0.800. The van der Waals surface area contributed by atoms with Crippen LogP contribution in [-0.4, -0.2) is 23.0 Å². The first-order chi connectivity index (χ1) is 11.8. The van der Waals surface area contributed by atoms with Gasteiger partial charge in [0.25, 0.3) is 11.6 Å². The van der Waals surface area contributed by atoms with Crippen molar-refractivity contribution in [1.29, 1.82) is 0 Å². The highest BCUT2D eigenvalue weighted by molar-refractivity contribution is 5.96. The van der Waals surface area contributed by atoms with E-state index < -0.39 is 10.8 Å². The summed E-state index contributed by atoms with van der Waals surface area (Å²) in [6.07, 6.45) is 1.40. The van der Waals surface area contributed by atoms with Crippen molar-refractivity contribution in [2.45, 2.75) is 6.92 Å². The Morgan fingerprint density at radius 2 is 1.88 bits per heavy atom. The molecule has 0 unspecified atom stereocenters. The molecule has 4 N–H and O–H groups in total. The monoisotopic (exact) mass is 341 g/mol. The van der Waals surface area contributed by atoms with E-state index in [0.717, 1.165) is 12.1 Å². The van der Waals surface area contributed by atoms with Crippen molar-refractivity contribution >= 4 is 35.1 Å². The fourth-order valence-corrected chi connectivity index (χ4v) is 1.96. The Morgan fingerprint density at radius 3 is 2.48 bits per heavy atom. The molecule has 0 aliphatic heterocycles. The van der Waals surface area contributed by atoms with E-state index in [-0.39, 0.29) is 22.8 Å². The van der Waals surface area contributed by atoms with Gasteiger partial charge in [-0.05, 0) is 23.8 Å². The molecule has 0 fully saturated rings. The molecule has 9 heteroatoms. The van der Waals surface area contributed by atoms with Gasteiger partial charge in [-0.3, -0.25) is 19.7 Å². The van der Waals surface area contributed by atoms with Gasteiger partial charge < -0.3 is 11.1 Å². The van der Waals surface area contributed by atoms with E-state index in [2.05, 4.69) is 15.8 Å². The van der Waals surface area contributed by atoms with Crippen LogP contribution in [0.3, 0.4) is 0 Å². The minimum atomic E-state index is -0.632. The average Bonchev–Trinajstić information content (AvgIpc) is 2.55. The molecule has 2 rings (SSSR count). The number of nitrogens with two attached hydrogens (primary N) is 1. The summed E-state index contributed by atoms with van der Waals surface area (Å²) in [7, 11) is 0. The van der Waals surface area contributed by atoms with Gasteiger partial charge in [-0.25, -0.2) is 5.43 Å². The predicted octanol–water partition coefficient (Wildman–Crippen LogP) is 1.90. The van der Waals surface area contributed by atoms with E-state index in [9.17, 15) is 19.7 Å². The standard InChI is InChI=1S/C16H15N5O4/c1-10(22)19-14-4-2-11(3-5-14)9-18-20-16(23)12-6-13(17)8-15(7-12)21(24)25/h2-9H,17H2,1H3,(H,19,22)(H,20,23)/b18-9-. The largest absolute Gasteiger partial charge is 0.399 e. The molecule has 0 radical (unpaired) electrons. The number of nitrogen functional groups attached to an aromatic ring is 1. The molecular formula is C16H15N5O4. The number of hydrogen-bond donors (Lipinski definition) is 3. The molecule has 0 aliphatic rings. The molecule has 9 nitrogen and oxygen atoms in total. The van der Waals surface area contributed by atoms with Crippen LogP contribution in [0.25, 0.3) is 0 Å². The first-order valence-electron chi connectivity index (χ1n) is 7.11. The van der Waals surface area contributed by atoms with Gasteiger partial charge in [-0.1, -0.05) is 12.1 Å². The molecule has 2 amide bonds. The van der Waals surface area contributed by atoms with Crippen LogP contribution in [0.4, 0.5) is 17.1 Å². The molecule has 0 heterocycles. The minimum Gasteiger partial charge on any atom is -0.399 e. The number of hydrazone groups is 1. The SMILES string of the molecule is CC(=O)Nc1ccc(/C=N\NC(=O)c2cc(N)cc([N+](=O)[O-])c2)cc1. The normalized spacial score (nSPS) is 10.4. The summed E-state index contributed by atoms with van der Waals surface area (Å²) in [5, 5.41) is 17.2. The lowest BCUT2D eigenvalue weighted by molar-refractivity contribution is -0.384. The number of carbonyl (C=O) groups excluding carboxylic acids is 2. The van der Waals surface area contributed by atoms with Crippen molar-refractivity contribution < 1.29 is 14.5 Å². The second-order valence-corrected chi connectivity index (χ2v) is 5.07. The number of carbonyl (C=O) groups is 2. The van der Waals surface area contributed by atoms with E-state index >= 15 is 0 Å². The number of nitrogens with zero attached hydrogens (tertiary/aromatic N) is 2. The minimum absolute atomic E-state index is 0.0323. The number of nitro benzene ring substituents is 1. The molecule has 0 saturated heterocycles. The second kappa shape index (κ2) is 7.68. The van der Waals surface area contributed by atoms with Crippen molar-refractivity contribution in [3.8, 4) is 0 Å². The third kappa shape index (κ3) is 5.13. The lowest BCUT2D eigenvalue weighted by atomic mass is 10.1. The summed E-state index contributed by atoms with van der Waals surface area (Å²) in [6, 6.07) is 10.4. The third-order valence-corrected chi connectivity index (χ3v) is 3.02. The van der Waals surface area contributed by atoms with Gasteiger partial charge >= 0.3 is 0 Å². The van der Waals surface area contributed by atoms with Gasteiger partial charge in [0.1, 0.15) is 0 Å². The van der Waals surface area contributed by atoms with Gasteiger partial charge in [0, 0.05) is 30.4 Å². The number of nitro groups is 1. The van der Waals surface area contributed by atoms with E-state index in [4.69, 9.17) is 5.73 Å². The highest BCUT2D eigenvalue weighted by Gasteiger charge is 2.13. The Kier molecular flexibility index (Phi) is 5.41. The molecule has 0 aromatic heterocycles. The highest BCUT2D eigenvalue weighted by Crippen LogP contribution is 2.18. The fraction of sp³-hybridized carbons (Fsp3) is 0.0625. The van der Waals surface area contributed by atoms with Gasteiger partial charge in [0.15, 0.2) is 0 Å². The molecule has 0 atom stereocenters. The van der Waals surface area contributed by atoms with Crippen LogP contribution in [0.2, 0.25) is 0 Å². The topological polar surface area (TPSA) is 140 Å². The zero-order valence-corrected chi connectivity index (χ0v) is 13.2. The van der Waals surface area contributed by atoms with Crippen LogP contribution >= 0.6 is 0 Å². The molecule has 2 aromatic carbocycles. The van der Waals surface area contributed by atoms with Gasteiger partial charge in [-0.2, -0.15) is 5.10 Å². The van der Waals surface area contributed by atoms with Crippen LogP contribution in [0, 0.1) is 10.1 Å². The van der Waals surface area contributed by atoms with E-state index in [1.165, 1.54) is 19.2 Å². The van der Waals surface area contributed by atoms with E-state index in [1.807, 2.05) is 0 Å². The van der Waals surface area contributed by atoms with Gasteiger partial charge in [0.05, 0.1) is 16.7 Å². The summed E-state index contributed by atoms with van der Waals surface area (Å²) >= 11 is 0. The lowest BCUT2D eigenvalue weighted by Crippen LogP contribution is -2.18. The van der Waals surface area contributed by atoms with Crippen molar-refractivity contribution in [3.05, 3.63) is 63.7 Å². The maximum atomic E-state index is 12.0. The molecule has 0 bridgehead atoms. The Labute approximate surface area is 142 Å². The quantitative estimate of drug-likeness (QED) is 0.330. The van der Waals surface area contributed by atoms with E-state index in [0.29, 0.717) is 11.3 Å². The Bertz CT molecular complexity index is 846. The number of rotatable bonds is 5. The molecule has 128 valence electrons. The zero-order chi connectivity index (χ0) is 18.4. The molecule has 2 aromatic rings. The van der Waals surface area contributed by atoms with Crippen molar-refractivity contribution in [2.24, 2.45) is 5.10 Å². The zero-order valence-electron chi connectivity index (χ0n) is 13.2. The summed E-state index contributed by atoms with van der Waals surface area (Å²) in [5.41, 5.74) is 9.01. The first-order valence-corrected chi connectivity index (χ1v) is 7.11. The molecule has 0 aliphatic carbocycles. The average molecular weight is 341 g/mol. The van der Waals surface area contributed by atoms with Gasteiger partial charge in [0.2, 0.25) is 5.91 Å². The van der Waals surface area contributed by atoms with Crippen molar-refractivity contribution in [1.82, 2.24) is 5.43 Å². The van der Waals surface area contributed by atoms with Crippen LogP contribution in [0.15, 0.2) is 47.6 Å². The molecule has 25 heavy (non-hydrogen) atoms. The predicted molar refractivity (Wildman–Crippen MR) is 93.3 cm³/mol. The fourth-order valence-electron chi connectivity index (χ4n) is 1.96. The molecule has 0 saturated carbocycles. The van der Waals surface area contributed by atoms with Crippen LogP contribution in [0.1, 0.15) is 22.8 Å². The number of anilines is 2. The Hall–Kier alpha value is -3.75. The highest BCUT2D eigenvalue weighted by atomic mass is 16.6. The number of benzene rings is 2. The summed E-state index contributed by atoms with van der Waals surface area (Å²) in [6.45, 7) is 1.41. The lowest BCUT2D eigenvalue weighted by Gasteiger charge is -2.03. The maximum Gasteiger partial charge on any atom is 0.272 e. The Morgan fingerprint density at radius 1 is 1.20 bits per heavy atom. The Balaban J connectivity index is 2.03. The smallest absolute Gasteiger partial charge is 0.272 e. The number of hydrogen-bond acceptors (Lipinski definition) is 6. The van der Waals surface area contributed by atoms with Gasteiger partial charge in [-0.15, -0.1) is 0 Å². The third-order valence-electron chi connectivity index (χ3n) is 3.02. The second-order valence-electron chi connectivity index (χ2n) is 5.07. The summed E-state index contributed by atoms with van der Waals surface area (Å²) < 4.78 is 0. The number of non-ortho nitro benzene ring substituents is 1. The number of amides is 2.